The van der Waals surface area contributed by atoms with Gasteiger partial charge in [-0.15, -0.1) is 6.58 Å². The summed E-state index contributed by atoms with van der Waals surface area (Å²) in [6, 6.07) is 0. The molecular weight excluding hydrogens is 106 g/mol. The minimum Gasteiger partial charge on any atom is -0.449 e. The number of carbonyl (C=O) groups excluding carboxylic acids is 1. The van der Waals surface area contributed by atoms with Gasteiger partial charge in [0.1, 0.15) is 0 Å². The van der Waals surface area contributed by atoms with Crippen molar-refractivity contribution in [2.24, 2.45) is 5.73 Å². The summed E-state index contributed by atoms with van der Waals surface area (Å²) < 4.78 is 4.35. The average Bonchev–Trinajstić information content (AvgIpc) is 1.66. The van der Waals surface area contributed by atoms with Crippen LogP contribution >= 0.6 is 0 Å². The van der Waals surface area contributed by atoms with Gasteiger partial charge in [0.15, 0.2) is 0 Å². The number of rotatable bonds is 3. The molecule has 0 fully saturated rings. The lowest BCUT2D eigenvalue weighted by Gasteiger charge is -1.94. The van der Waals surface area contributed by atoms with Gasteiger partial charge in [0.25, 0.3) is 0 Å². The summed E-state index contributed by atoms with van der Waals surface area (Å²) in [6.45, 7) is 3.76. The summed E-state index contributed by atoms with van der Waals surface area (Å²) >= 11 is 0. The van der Waals surface area contributed by atoms with Crippen LogP contribution in [0.25, 0.3) is 0 Å². The van der Waals surface area contributed by atoms with Gasteiger partial charge in [0.2, 0.25) is 0 Å². The third-order valence-corrected chi connectivity index (χ3v) is 0.566. The van der Waals surface area contributed by atoms with Crippen LogP contribution in [0.1, 0.15) is 6.42 Å². The Labute approximate surface area is 48.1 Å². The van der Waals surface area contributed by atoms with Crippen LogP contribution in [0.2, 0.25) is 0 Å². The quantitative estimate of drug-likeness (QED) is 0.434. The topological polar surface area (TPSA) is 52.3 Å². The van der Waals surface area contributed by atoms with Crippen molar-refractivity contribution in [2.75, 3.05) is 6.61 Å². The molecule has 0 radical (unpaired) electrons. The molecule has 1 amide bonds. The van der Waals surface area contributed by atoms with Crippen LogP contribution in [0, 0.1) is 0 Å². The van der Waals surface area contributed by atoms with E-state index in [2.05, 4.69) is 17.0 Å². The normalized spacial score (nSPS) is 8.00. The second-order valence-corrected chi connectivity index (χ2v) is 1.24. The van der Waals surface area contributed by atoms with Gasteiger partial charge in [-0.3, -0.25) is 0 Å². The number of nitrogens with two attached hydrogens (primary N) is 1. The van der Waals surface area contributed by atoms with E-state index in [0.717, 1.165) is 0 Å². The molecule has 0 aromatic heterocycles. The van der Waals surface area contributed by atoms with E-state index in [0.29, 0.717) is 13.0 Å². The van der Waals surface area contributed by atoms with Crippen LogP contribution in [-0.4, -0.2) is 12.7 Å². The Bertz CT molecular complexity index is 90.4. The molecule has 3 nitrogen and oxygen atoms in total. The summed E-state index contributed by atoms with van der Waals surface area (Å²) in [7, 11) is 0. The second kappa shape index (κ2) is 4.18. The molecule has 0 aliphatic rings. The summed E-state index contributed by atoms with van der Waals surface area (Å²) in [6.07, 6.45) is 1.58. The molecule has 0 rings (SSSR count). The van der Waals surface area contributed by atoms with E-state index in [4.69, 9.17) is 0 Å². The number of hydrogen-bond acceptors (Lipinski definition) is 2. The number of hydrogen-bond donors (Lipinski definition) is 1. The van der Waals surface area contributed by atoms with E-state index in [1.807, 2.05) is 0 Å². The molecule has 0 unspecified atom stereocenters. The van der Waals surface area contributed by atoms with Gasteiger partial charge >= 0.3 is 6.09 Å². The molecule has 0 bridgehead atoms. The Balaban J connectivity index is 2.93. The number of carbonyl (C=O) groups is 1. The first-order valence-corrected chi connectivity index (χ1v) is 2.30. The van der Waals surface area contributed by atoms with Crippen LogP contribution in [0.3, 0.4) is 0 Å². The fourth-order valence-electron chi connectivity index (χ4n) is 0.243. The lowest BCUT2D eigenvalue weighted by Crippen LogP contribution is -2.13. The van der Waals surface area contributed by atoms with Crippen molar-refractivity contribution in [2.45, 2.75) is 6.42 Å². The van der Waals surface area contributed by atoms with Crippen LogP contribution in [0.5, 0.6) is 0 Å². The lowest BCUT2D eigenvalue weighted by atomic mass is 10.5. The minimum absolute atomic E-state index is 0.332. The van der Waals surface area contributed by atoms with E-state index in [1.165, 1.54) is 0 Å². The summed E-state index contributed by atoms with van der Waals surface area (Å²) in [5, 5.41) is 0. The van der Waals surface area contributed by atoms with Gasteiger partial charge < -0.3 is 10.5 Å². The van der Waals surface area contributed by atoms with E-state index >= 15 is 0 Å². The minimum atomic E-state index is -0.730. The Morgan fingerprint density at radius 1 is 1.88 bits per heavy atom. The van der Waals surface area contributed by atoms with Gasteiger partial charge in [-0.1, -0.05) is 6.08 Å². The SMILES string of the molecule is C=CCCOC(N)=O. The Morgan fingerprint density at radius 3 is 2.88 bits per heavy atom. The predicted octanol–water partition coefficient (Wildman–Crippen LogP) is 0.658. The Kier molecular flexibility index (Phi) is 3.66. The highest BCUT2D eigenvalue weighted by atomic mass is 16.5. The fourth-order valence-corrected chi connectivity index (χ4v) is 0.243. The van der Waals surface area contributed by atoms with Crippen LogP contribution in [0.4, 0.5) is 4.79 Å². The van der Waals surface area contributed by atoms with Crippen molar-refractivity contribution in [3.63, 3.8) is 0 Å². The van der Waals surface area contributed by atoms with Gasteiger partial charge in [-0.2, -0.15) is 0 Å². The Hall–Kier alpha value is -0.990. The molecule has 0 aliphatic heterocycles. The summed E-state index contributed by atoms with van der Waals surface area (Å²) in [4.78, 5) is 9.84. The molecule has 8 heavy (non-hydrogen) atoms. The molecule has 0 saturated heterocycles. The van der Waals surface area contributed by atoms with E-state index in [9.17, 15) is 4.79 Å². The maximum absolute atomic E-state index is 9.84. The van der Waals surface area contributed by atoms with Gasteiger partial charge in [0.05, 0.1) is 6.61 Å². The van der Waals surface area contributed by atoms with Gasteiger partial charge in [-0.05, 0) is 6.42 Å². The number of primary amides is 1. The van der Waals surface area contributed by atoms with Crippen molar-refractivity contribution in [1.82, 2.24) is 0 Å². The number of ether oxygens (including phenoxy) is 1. The summed E-state index contributed by atoms with van der Waals surface area (Å²) in [5.74, 6) is 0. The molecule has 3 heteroatoms. The molecule has 0 saturated carbocycles. The largest absolute Gasteiger partial charge is 0.449 e. The molecule has 0 aliphatic carbocycles. The maximum atomic E-state index is 9.84. The molecular formula is C5H9NO2. The standard InChI is InChI=1S/C5H9NO2/c1-2-3-4-8-5(6)7/h2H,1,3-4H2,(H2,6,7). The highest BCUT2D eigenvalue weighted by Crippen LogP contribution is 1.80. The Morgan fingerprint density at radius 2 is 2.50 bits per heavy atom. The van der Waals surface area contributed by atoms with Gasteiger partial charge in [-0.25, -0.2) is 4.79 Å². The summed E-state index contributed by atoms with van der Waals surface area (Å²) in [5.41, 5.74) is 4.64. The highest BCUT2D eigenvalue weighted by Gasteiger charge is 1.87. The van der Waals surface area contributed by atoms with Crippen LogP contribution in [0.15, 0.2) is 12.7 Å². The molecule has 46 valence electrons. The second-order valence-electron chi connectivity index (χ2n) is 1.24. The molecule has 0 heterocycles. The number of amides is 1. The fraction of sp³-hybridized carbons (Fsp3) is 0.400. The van der Waals surface area contributed by atoms with Crippen molar-refractivity contribution < 1.29 is 9.53 Å². The zero-order valence-corrected chi connectivity index (χ0v) is 4.59. The van der Waals surface area contributed by atoms with Crippen LogP contribution in [-0.2, 0) is 4.74 Å². The zero-order chi connectivity index (χ0) is 6.41. The first kappa shape index (κ1) is 7.01. The average molecular weight is 115 g/mol. The first-order valence-electron chi connectivity index (χ1n) is 2.30. The first-order chi connectivity index (χ1) is 3.77. The van der Waals surface area contributed by atoms with Gasteiger partial charge in [0, 0.05) is 0 Å². The van der Waals surface area contributed by atoms with Crippen molar-refractivity contribution in [3.8, 4) is 0 Å². The van der Waals surface area contributed by atoms with E-state index in [1.54, 1.807) is 6.08 Å². The van der Waals surface area contributed by atoms with E-state index in [-0.39, 0.29) is 0 Å². The van der Waals surface area contributed by atoms with Crippen molar-refractivity contribution in [3.05, 3.63) is 12.7 Å². The smallest absolute Gasteiger partial charge is 0.404 e. The lowest BCUT2D eigenvalue weighted by molar-refractivity contribution is 0.159. The monoisotopic (exact) mass is 115 g/mol. The predicted molar refractivity (Wildman–Crippen MR) is 30.3 cm³/mol. The maximum Gasteiger partial charge on any atom is 0.404 e. The zero-order valence-electron chi connectivity index (χ0n) is 4.59. The van der Waals surface area contributed by atoms with Crippen LogP contribution < -0.4 is 5.73 Å². The molecule has 0 atom stereocenters. The van der Waals surface area contributed by atoms with Crippen molar-refractivity contribution >= 4 is 6.09 Å². The van der Waals surface area contributed by atoms with E-state index < -0.39 is 6.09 Å². The molecule has 0 spiro atoms. The highest BCUT2D eigenvalue weighted by molar-refractivity contribution is 5.64. The van der Waals surface area contributed by atoms with Crippen molar-refractivity contribution in [1.29, 1.82) is 0 Å². The third kappa shape index (κ3) is 5.01. The molecule has 2 N–H and O–H groups in total. The molecule has 0 aromatic carbocycles. The molecule has 0 aromatic rings. The third-order valence-electron chi connectivity index (χ3n) is 0.566.